The number of anilines is 1. The first-order chi connectivity index (χ1) is 9.00. The summed E-state index contributed by atoms with van der Waals surface area (Å²) < 4.78 is 13.5. The average molecular weight is 363 g/mol. The molecule has 1 N–H and O–H groups in total. The summed E-state index contributed by atoms with van der Waals surface area (Å²) in [5.74, 6) is -0.986. The lowest BCUT2D eigenvalue weighted by Gasteiger charge is -2.09. The lowest BCUT2D eigenvalue weighted by Crippen LogP contribution is -2.13. The molecule has 2 aromatic carbocycles. The van der Waals surface area contributed by atoms with Gasteiger partial charge in [-0.05, 0) is 40.2 Å². The van der Waals surface area contributed by atoms with Gasteiger partial charge in [-0.3, -0.25) is 4.79 Å². The van der Waals surface area contributed by atoms with Gasteiger partial charge in [-0.1, -0.05) is 35.3 Å². The molecule has 0 saturated heterocycles. The Morgan fingerprint density at radius 3 is 2.58 bits per heavy atom. The van der Waals surface area contributed by atoms with Crippen molar-refractivity contribution in [3.8, 4) is 0 Å². The minimum atomic E-state index is -0.509. The SMILES string of the molecule is O=C(Nc1cccc(Cl)c1Cl)c1cccc(F)c1Br. The van der Waals surface area contributed by atoms with Crippen LogP contribution in [0.2, 0.25) is 10.0 Å². The molecule has 98 valence electrons. The molecule has 2 nitrogen and oxygen atoms in total. The third kappa shape index (κ3) is 3.08. The first-order valence-corrected chi connectivity index (χ1v) is 6.75. The zero-order valence-electron chi connectivity index (χ0n) is 9.38. The van der Waals surface area contributed by atoms with Crippen LogP contribution in [-0.2, 0) is 0 Å². The molecule has 0 saturated carbocycles. The second-order valence-corrected chi connectivity index (χ2v) is 5.24. The quantitative estimate of drug-likeness (QED) is 0.786. The summed E-state index contributed by atoms with van der Waals surface area (Å²) in [4.78, 5) is 12.0. The smallest absolute Gasteiger partial charge is 0.256 e. The monoisotopic (exact) mass is 361 g/mol. The molecule has 0 aliphatic heterocycles. The highest BCUT2D eigenvalue weighted by Crippen LogP contribution is 2.30. The number of carbonyl (C=O) groups is 1. The van der Waals surface area contributed by atoms with Crippen LogP contribution in [0, 0.1) is 5.82 Å². The summed E-state index contributed by atoms with van der Waals surface area (Å²) in [6.45, 7) is 0. The summed E-state index contributed by atoms with van der Waals surface area (Å²) in [5.41, 5.74) is 0.548. The van der Waals surface area contributed by atoms with E-state index >= 15 is 0 Å². The van der Waals surface area contributed by atoms with Crippen molar-refractivity contribution in [2.24, 2.45) is 0 Å². The maximum atomic E-state index is 13.3. The maximum Gasteiger partial charge on any atom is 0.256 e. The van der Waals surface area contributed by atoms with Gasteiger partial charge in [0.25, 0.3) is 5.91 Å². The molecule has 0 spiro atoms. The standard InChI is InChI=1S/C13H7BrCl2FNO/c14-11-7(3-1-5-9(11)17)13(19)18-10-6-2-4-8(15)12(10)16/h1-6H,(H,18,19). The molecule has 2 rings (SSSR count). The van der Waals surface area contributed by atoms with Gasteiger partial charge in [0.1, 0.15) is 5.82 Å². The van der Waals surface area contributed by atoms with Gasteiger partial charge >= 0.3 is 0 Å². The van der Waals surface area contributed by atoms with E-state index in [1.165, 1.54) is 18.2 Å². The van der Waals surface area contributed by atoms with Crippen molar-refractivity contribution in [1.29, 1.82) is 0 Å². The zero-order chi connectivity index (χ0) is 14.0. The highest BCUT2D eigenvalue weighted by atomic mass is 79.9. The Morgan fingerprint density at radius 2 is 1.84 bits per heavy atom. The number of amides is 1. The second kappa shape index (κ2) is 5.90. The molecule has 0 unspecified atom stereocenters. The first-order valence-electron chi connectivity index (χ1n) is 5.20. The van der Waals surface area contributed by atoms with E-state index in [9.17, 15) is 9.18 Å². The van der Waals surface area contributed by atoms with Crippen LogP contribution < -0.4 is 5.32 Å². The van der Waals surface area contributed by atoms with Gasteiger partial charge in [0.15, 0.2) is 0 Å². The molecular formula is C13H7BrCl2FNO. The van der Waals surface area contributed by atoms with Gasteiger partial charge in [0.2, 0.25) is 0 Å². The van der Waals surface area contributed by atoms with E-state index in [4.69, 9.17) is 23.2 Å². The Balaban J connectivity index is 2.31. The molecule has 0 heterocycles. The van der Waals surface area contributed by atoms with Crippen molar-refractivity contribution in [2.75, 3.05) is 5.32 Å². The first kappa shape index (κ1) is 14.3. The molecule has 19 heavy (non-hydrogen) atoms. The van der Waals surface area contributed by atoms with Crippen LogP contribution in [0.1, 0.15) is 10.4 Å². The van der Waals surface area contributed by atoms with Crippen LogP contribution in [0.3, 0.4) is 0 Å². The fourth-order valence-electron chi connectivity index (χ4n) is 1.47. The van der Waals surface area contributed by atoms with E-state index in [0.29, 0.717) is 10.7 Å². The van der Waals surface area contributed by atoms with Crippen molar-refractivity contribution in [1.82, 2.24) is 0 Å². The topological polar surface area (TPSA) is 29.1 Å². The summed E-state index contributed by atoms with van der Waals surface area (Å²) in [6.07, 6.45) is 0. The van der Waals surface area contributed by atoms with Crippen LogP contribution in [0.15, 0.2) is 40.9 Å². The van der Waals surface area contributed by atoms with Crippen molar-refractivity contribution < 1.29 is 9.18 Å². The van der Waals surface area contributed by atoms with Crippen LogP contribution in [-0.4, -0.2) is 5.91 Å². The predicted octanol–water partition coefficient (Wildman–Crippen LogP) is 5.15. The van der Waals surface area contributed by atoms with E-state index in [1.807, 2.05) is 0 Å². The Hall–Kier alpha value is -1.10. The number of benzene rings is 2. The fourth-order valence-corrected chi connectivity index (χ4v) is 2.26. The molecule has 0 aliphatic carbocycles. The normalized spacial score (nSPS) is 10.3. The zero-order valence-corrected chi connectivity index (χ0v) is 12.5. The van der Waals surface area contributed by atoms with E-state index in [1.54, 1.807) is 18.2 Å². The van der Waals surface area contributed by atoms with Gasteiger partial charge in [-0.25, -0.2) is 4.39 Å². The van der Waals surface area contributed by atoms with Gasteiger partial charge in [0, 0.05) is 0 Å². The van der Waals surface area contributed by atoms with Crippen LogP contribution in [0.25, 0.3) is 0 Å². The van der Waals surface area contributed by atoms with Crippen LogP contribution in [0.5, 0.6) is 0 Å². The van der Waals surface area contributed by atoms with Crippen molar-refractivity contribution in [3.05, 3.63) is 62.3 Å². The Bertz CT molecular complexity index is 649. The maximum absolute atomic E-state index is 13.3. The molecule has 0 bridgehead atoms. The van der Waals surface area contributed by atoms with Crippen molar-refractivity contribution >= 4 is 50.7 Å². The minimum absolute atomic E-state index is 0.102. The molecule has 6 heteroatoms. The molecule has 0 aromatic heterocycles. The van der Waals surface area contributed by atoms with E-state index in [0.717, 1.165) is 0 Å². The summed E-state index contributed by atoms with van der Waals surface area (Å²) >= 11 is 14.8. The Labute approximate surface area is 127 Å². The third-order valence-electron chi connectivity index (χ3n) is 2.40. The van der Waals surface area contributed by atoms with Crippen molar-refractivity contribution in [3.63, 3.8) is 0 Å². The highest BCUT2D eigenvalue weighted by Gasteiger charge is 2.15. The van der Waals surface area contributed by atoms with Crippen LogP contribution in [0.4, 0.5) is 10.1 Å². The molecule has 0 aliphatic rings. The molecule has 0 atom stereocenters. The number of halogens is 4. The number of nitrogens with one attached hydrogen (secondary N) is 1. The molecule has 0 fully saturated rings. The minimum Gasteiger partial charge on any atom is -0.321 e. The van der Waals surface area contributed by atoms with E-state index in [2.05, 4.69) is 21.2 Å². The highest BCUT2D eigenvalue weighted by molar-refractivity contribution is 9.10. The number of carbonyl (C=O) groups excluding carboxylic acids is 1. The Morgan fingerprint density at radius 1 is 1.16 bits per heavy atom. The summed E-state index contributed by atoms with van der Waals surface area (Å²) in [5, 5.41) is 3.16. The lowest BCUT2D eigenvalue weighted by molar-refractivity contribution is 0.102. The third-order valence-corrected chi connectivity index (χ3v) is 4.02. The van der Waals surface area contributed by atoms with Gasteiger partial charge < -0.3 is 5.32 Å². The summed E-state index contributed by atoms with van der Waals surface area (Å²) in [6, 6.07) is 9.09. The largest absolute Gasteiger partial charge is 0.321 e. The van der Waals surface area contributed by atoms with Crippen molar-refractivity contribution in [2.45, 2.75) is 0 Å². The van der Waals surface area contributed by atoms with Gasteiger partial charge in [-0.2, -0.15) is 0 Å². The Kier molecular flexibility index (Phi) is 4.45. The molecule has 2 aromatic rings. The van der Waals surface area contributed by atoms with E-state index < -0.39 is 11.7 Å². The average Bonchev–Trinajstić information content (AvgIpc) is 2.38. The second-order valence-electron chi connectivity index (χ2n) is 3.66. The number of hydrogen-bond donors (Lipinski definition) is 1. The fraction of sp³-hybridized carbons (Fsp3) is 0. The van der Waals surface area contributed by atoms with E-state index in [-0.39, 0.29) is 15.1 Å². The number of rotatable bonds is 2. The molecule has 0 radical (unpaired) electrons. The predicted molar refractivity (Wildman–Crippen MR) is 78.5 cm³/mol. The molecule has 1 amide bonds. The van der Waals surface area contributed by atoms with Crippen LogP contribution >= 0.6 is 39.1 Å². The van der Waals surface area contributed by atoms with Gasteiger partial charge in [-0.15, -0.1) is 0 Å². The lowest BCUT2D eigenvalue weighted by atomic mass is 10.2. The number of hydrogen-bond acceptors (Lipinski definition) is 1. The molecular weight excluding hydrogens is 356 g/mol. The summed E-state index contributed by atoms with van der Waals surface area (Å²) in [7, 11) is 0. The van der Waals surface area contributed by atoms with Gasteiger partial charge in [0.05, 0.1) is 25.8 Å².